The molecule has 3 N–H and O–H groups in total. The number of methoxy groups -OCH3 is 1. The van der Waals surface area contributed by atoms with Gasteiger partial charge >= 0.3 is 0 Å². The second-order valence-electron chi connectivity index (χ2n) is 3.28. The first-order valence-corrected chi connectivity index (χ1v) is 5.28. The highest BCUT2D eigenvalue weighted by Gasteiger charge is 2.18. The first-order valence-electron chi connectivity index (χ1n) is 4.90. The number of ether oxygens (including phenoxy) is 1. The van der Waals surface area contributed by atoms with Crippen LogP contribution in [0.5, 0.6) is 0 Å². The van der Waals surface area contributed by atoms with Gasteiger partial charge in [-0.15, -0.1) is 0 Å². The van der Waals surface area contributed by atoms with E-state index < -0.39 is 0 Å². The Labute approximate surface area is 94.5 Å². The third-order valence-electron chi connectivity index (χ3n) is 2.13. The van der Waals surface area contributed by atoms with Crippen molar-refractivity contribution in [1.29, 1.82) is 0 Å². The van der Waals surface area contributed by atoms with E-state index in [0.29, 0.717) is 11.6 Å². The van der Waals surface area contributed by atoms with Crippen LogP contribution in [0.3, 0.4) is 0 Å². The molecule has 86 valence electrons. The minimum absolute atomic E-state index is 0.128. The smallest absolute Gasteiger partial charge is 0.0877 e. The van der Waals surface area contributed by atoms with Gasteiger partial charge in [-0.3, -0.25) is 10.5 Å². The summed E-state index contributed by atoms with van der Waals surface area (Å²) in [7, 11) is 1.62. The molecule has 5 nitrogen and oxygen atoms in total. The lowest BCUT2D eigenvalue weighted by Gasteiger charge is -2.17. The van der Waals surface area contributed by atoms with E-state index in [4.69, 9.17) is 22.2 Å². The minimum atomic E-state index is -0.128. The van der Waals surface area contributed by atoms with Crippen LogP contribution in [0.1, 0.15) is 25.1 Å². The van der Waals surface area contributed by atoms with E-state index in [1.54, 1.807) is 13.3 Å². The summed E-state index contributed by atoms with van der Waals surface area (Å²) in [6.45, 7) is 3.37. The maximum atomic E-state index is 6.06. The fraction of sp³-hybridized carbons (Fsp3) is 0.667. The number of hydrogen-bond acceptors (Lipinski definition) is 4. The second-order valence-corrected chi connectivity index (χ2v) is 3.68. The zero-order chi connectivity index (χ0) is 11.3. The molecule has 1 atom stereocenters. The molecule has 0 saturated heterocycles. The Bertz CT molecular complexity index is 302. The Morgan fingerprint density at radius 2 is 2.47 bits per heavy atom. The standard InChI is InChI=1S/C9H17ClN4O/c1-3-4-14-9(7(10)5-12-14)8(13-11)6-15-2/h5,8,13H,3-4,6,11H2,1-2H3. The fourth-order valence-corrected chi connectivity index (χ4v) is 1.75. The number of hydrogen-bond donors (Lipinski definition) is 2. The lowest BCUT2D eigenvalue weighted by Crippen LogP contribution is -2.33. The van der Waals surface area contributed by atoms with Gasteiger partial charge in [0.25, 0.3) is 0 Å². The number of nitrogens with two attached hydrogens (primary N) is 1. The van der Waals surface area contributed by atoms with Gasteiger partial charge in [-0.2, -0.15) is 5.10 Å². The third-order valence-corrected chi connectivity index (χ3v) is 2.42. The van der Waals surface area contributed by atoms with Crippen LogP contribution in [0.25, 0.3) is 0 Å². The van der Waals surface area contributed by atoms with Crippen LogP contribution in [0, 0.1) is 0 Å². The van der Waals surface area contributed by atoms with Crippen molar-refractivity contribution in [2.75, 3.05) is 13.7 Å². The van der Waals surface area contributed by atoms with Gasteiger partial charge < -0.3 is 4.74 Å². The Morgan fingerprint density at radius 1 is 1.73 bits per heavy atom. The molecule has 1 rings (SSSR count). The molecule has 0 aliphatic carbocycles. The van der Waals surface area contributed by atoms with Crippen molar-refractivity contribution in [2.24, 2.45) is 5.84 Å². The molecule has 1 aromatic heterocycles. The van der Waals surface area contributed by atoms with Gasteiger partial charge in [-0.05, 0) is 6.42 Å². The molecule has 0 saturated carbocycles. The van der Waals surface area contributed by atoms with Crippen LogP contribution in [0.4, 0.5) is 0 Å². The molecule has 0 bridgehead atoms. The molecule has 0 radical (unpaired) electrons. The van der Waals surface area contributed by atoms with Crippen LogP contribution in [0.15, 0.2) is 6.20 Å². The summed E-state index contributed by atoms with van der Waals surface area (Å²) in [5, 5.41) is 4.80. The van der Waals surface area contributed by atoms with Crippen molar-refractivity contribution in [1.82, 2.24) is 15.2 Å². The number of aryl methyl sites for hydroxylation is 1. The van der Waals surface area contributed by atoms with Crippen molar-refractivity contribution >= 4 is 11.6 Å². The number of nitrogens with zero attached hydrogens (tertiary/aromatic N) is 2. The molecular weight excluding hydrogens is 216 g/mol. The van der Waals surface area contributed by atoms with Crippen molar-refractivity contribution < 1.29 is 4.74 Å². The molecule has 1 unspecified atom stereocenters. The van der Waals surface area contributed by atoms with Crippen LogP contribution in [-0.2, 0) is 11.3 Å². The Balaban J connectivity index is 2.92. The van der Waals surface area contributed by atoms with Gasteiger partial charge in [0.1, 0.15) is 0 Å². The molecule has 0 spiro atoms. The van der Waals surface area contributed by atoms with E-state index in [1.807, 2.05) is 4.68 Å². The normalized spacial score (nSPS) is 13.1. The molecular formula is C9H17ClN4O. The van der Waals surface area contributed by atoms with Crippen LogP contribution < -0.4 is 11.3 Å². The Morgan fingerprint density at radius 3 is 3.00 bits per heavy atom. The van der Waals surface area contributed by atoms with Gasteiger partial charge in [0, 0.05) is 13.7 Å². The Hall–Kier alpha value is -0.620. The molecule has 0 amide bonds. The predicted molar refractivity (Wildman–Crippen MR) is 59.5 cm³/mol. The van der Waals surface area contributed by atoms with E-state index in [-0.39, 0.29) is 6.04 Å². The topological polar surface area (TPSA) is 65.1 Å². The van der Waals surface area contributed by atoms with Crippen LogP contribution in [-0.4, -0.2) is 23.5 Å². The summed E-state index contributed by atoms with van der Waals surface area (Å²) in [5.41, 5.74) is 3.55. The SMILES string of the molecule is CCCn1ncc(Cl)c1C(COC)NN. The highest BCUT2D eigenvalue weighted by atomic mass is 35.5. The zero-order valence-corrected chi connectivity index (χ0v) is 9.79. The van der Waals surface area contributed by atoms with E-state index in [9.17, 15) is 0 Å². The highest BCUT2D eigenvalue weighted by molar-refractivity contribution is 6.31. The van der Waals surface area contributed by atoms with Crippen LogP contribution >= 0.6 is 11.6 Å². The van der Waals surface area contributed by atoms with Crippen molar-refractivity contribution in [3.8, 4) is 0 Å². The van der Waals surface area contributed by atoms with E-state index in [1.165, 1.54) is 0 Å². The molecule has 6 heteroatoms. The van der Waals surface area contributed by atoms with Gasteiger partial charge in [0.15, 0.2) is 0 Å². The van der Waals surface area contributed by atoms with E-state index >= 15 is 0 Å². The quantitative estimate of drug-likeness (QED) is 0.570. The second kappa shape index (κ2) is 6.07. The first kappa shape index (κ1) is 12.4. The van der Waals surface area contributed by atoms with E-state index in [2.05, 4.69) is 17.4 Å². The van der Waals surface area contributed by atoms with Gasteiger partial charge in [0.2, 0.25) is 0 Å². The van der Waals surface area contributed by atoms with E-state index in [0.717, 1.165) is 18.7 Å². The maximum absolute atomic E-state index is 6.06. The van der Waals surface area contributed by atoms with Crippen molar-refractivity contribution in [3.05, 3.63) is 16.9 Å². The van der Waals surface area contributed by atoms with Gasteiger partial charge in [-0.1, -0.05) is 18.5 Å². The van der Waals surface area contributed by atoms with Gasteiger partial charge in [-0.25, -0.2) is 5.43 Å². The predicted octanol–water partition coefficient (Wildman–Crippen LogP) is 1.10. The van der Waals surface area contributed by atoms with Gasteiger partial charge in [0.05, 0.1) is 29.6 Å². The van der Waals surface area contributed by atoms with Crippen LogP contribution in [0.2, 0.25) is 5.02 Å². The lowest BCUT2D eigenvalue weighted by atomic mass is 10.2. The maximum Gasteiger partial charge on any atom is 0.0877 e. The average Bonchev–Trinajstić information content (AvgIpc) is 2.58. The fourth-order valence-electron chi connectivity index (χ4n) is 1.48. The minimum Gasteiger partial charge on any atom is -0.383 e. The Kier molecular flexibility index (Phi) is 5.04. The zero-order valence-electron chi connectivity index (χ0n) is 9.03. The largest absolute Gasteiger partial charge is 0.383 e. The molecule has 0 aliphatic rings. The summed E-state index contributed by atoms with van der Waals surface area (Å²) in [5.74, 6) is 5.45. The first-order chi connectivity index (χ1) is 7.24. The molecule has 1 heterocycles. The summed E-state index contributed by atoms with van der Waals surface area (Å²) >= 11 is 6.06. The summed E-state index contributed by atoms with van der Waals surface area (Å²) in [6.07, 6.45) is 2.63. The van der Waals surface area contributed by atoms with Crippen molar-refractivity contribution in [2.45, 2.75) is 25.9 Å². The third kappa shape index (κ3) is 2.92. The molecule has 15 heavy (non-hydrogen) atoms. The number of nitrogens with one attached hydrogen (secondary N) is 1. The lowest BCUT2D eigenvalue weighted by molar-refractivity contribution is 0.163. The summed E-state index contributed by atoms with van der Waals surface area (Å²) in [6, 6.07) is -0.128. The molecule has 0 aliphatic heterocycles. The number of aromatic nitrogens is 2. The number of rotatable bonds is 6. The molecule has 1 aromatic rings. The average molecular weight is 233 g/mol. The van der Waals surface area contributed by atoms with Crippen molar-refractivity contribution in [3.63, 3.8) is 0 Å². The molecule has 0 fully saturated rings. The number of halogens is 1. The summed E-state index contributed by atoms with van der Waals surface area (Å²) < 4.78 is 6.92. The molecule has 0 aromatic carbocycles. The monoisotopic (exact) mass is 232 g/mol. The number of hydrazine groups is 1. The summed E-state index contributed by atoms with van der Waals surface area (Å²) in [4.78, 5) is 0. The highest BCUT2D eigenvalue weighted by Crippen LogP contribution is 2.22.